The third-order valence-corrected chi connectivity index (χ3v) is 5.18. The Kier molecular flexibility index (Phi) is 3.71. The summed E-state index contributed by atoms with van der Waals surface area (Å²) in [5.74, 6) is 0.265. The van der Waals surface area contributed by atoms with E-state index in [1.807, 2.05) is 23.6 Å². The standard InChI is InChI=1S/C15H14BrNOS/c16-13-7-14(19-9-13)8-17-15(18)12-5-10-3-1-2-4-11(10)6-12/h1-4,7,9,12H,5-6,8H2,(H,17,18). The molecule has 0 unspecified atom stereocenters. The lowest BCUT2D eigenvalue weighted by Gasteiger charge is -2.09. The minimum atomic E-state index is 0.0980. The van der Waals surface area contributed by atoms with Crippen molar-refractivity contribution in [2.45, 2.75) is 19.4 Å². The zero-order chi connectivity index (χ0) is 13.2. The Balaban J connectivity index is 1.58. The molecule has 0 radical (unpaired) electrons. The molecule has 1 aromatic heterocycles. The molecular formula is C15H14BrNOS. The number of benzene rings is 1. The summed E-state index contributed by atoms with van der Waals surface area (Å²) in [5.41, 5.74) is 2.64. The van der Waals surface area contributed by atoms with Gasteiger partial charge in [-0.05, 0) is 46.0 Å². The molecule has 0 spiro atoms. The zero-order valence-corrected chi connectivity index (χ0v) is 12.8. The molecule has 1 N–H and O–H groups in total. The number of nitrogens with one attached hydrogen (secondary N) is 1. The number of fused-ring (bicyclic) bond motifs is 1. The Bertz CT molecular complexity index is 583. The molecule has 3 rings (SSSR count). The monoisotopic (exact) mass is 335 g/mol. The molecule has 1 aliphatic carbocycles. The van der Waals surface area contributed by atoms with Crippen LogP contribution >= 0.6 is 27.3 Å². The predicted molar refractivity (Wildman–Crippen MR) is 81.2 cm³/mol. The minimum absolute atomic E-state index is 0.0980. The highest BCUT2D eigenvalue weighted by atomic mass is 79.9. The largest absolute Gasteiger partial charge is 0.351 e. The van der Waals surface area contributed by atoms with Gasteiger partial charge >= 0.3 is 0 Å². The van der Waals surface area contributed by atoms with Crippen molar-refractivity contribution in [1.29, 1.82) is 0 Å². The molecule has 0 saturated carbocycles. The van der Waals surface area contributed by atoms with Crippen molar-refractivity contribution in [2.75, 3.05) is 0 Å². The maximum atomic E-state index is 12.2. The van der Waals surface area contributed by atoms with Crippen LogP contribution in [0.2, 0.25) is 0 Å². The molecule has 0 saturated heterocycles. The van der Waals surface area contributed by atoms with Crippen LogP contribution in [0.25, 0.3) is 0 Å². The molecule has 0 bridgehead atoms. The van der Waals surface area contributed by atoms with Crippen molar-refractivity contribution in [3.05, 3.63) is 56.2 Å². The summed E-state index contributed by atoms with van der Waals surface area (Å²) in [6.45, 7) is 0.627. The van der Waals surface area contributed by atoms with Crippen LogP contribution in [0.3, 0.4) is 0 Å². The third-order valence-electron chi connectivity index (χ3n) is 3.48. The number of hydrogen-bond acceptors (Lipinski definition) is 2. The average Bonchev–Trinajstić information content (AvgIpc) is 3.01. The average molecular weight is 336 g/mol. The molecule has 4 heteroatoms. The molecule has 2 aromatic rings. The molecule has 98 valence electrons. The van der Waals surface area contributed by atoms with Crippen LogP contribution in [0.1, 0.15) is 16.0 Å². The number of hydrogen-bond donors (Lipinski definition) is 1. The second-order valence-electron chi connectivity index (χ2n) is 4.82. The summed E-state index contributed by atoms with van der Waals surface area (Å²) in [7, 11) is 0. The van der Waals surface area contributed by atoms with Crippen LogP contribution in [-0.2, 0) is 24.2 Å². The number of carbonyl (C=O) groups is 1. The number of halogens is 1. The Morgan fingerprint density at radius 2 is 2.00 bits per heavy atom. The number of carbonyl (C=O) groups excluding carboxylic acids is 1. The van der Waals surface area contributed by atoms with Gasteiger partial charge in [-0.2, -0.15) is 0 Å². The van der Waals surface area contributed by atoms with E-state index in [9.17, 15) is 4.79 Å². The first-order valence-electron chi connectivity index (χ1n) is 6.30. The highest BCUT2D eigenvalue weighted by molar-refractivity contribution is 9.10. The van der Waals surface area contributed by atoms with Crippen molar-refractivity contribution in [3.8, 4) is 0 Å². The van der Waals surface area contributed by atoms with Gasteiger partial charge in [-0.25, -0.2) is 0 Å². The Labute approximate surface area is 125 Å². The summed E-state index contributed by atoms with van der Waals surface area (Å²) >= 11 is 5.08. The van der Waals surface area contributed by atoms with Gasteiger partial charge in [0.25, 0.3) is 0 Å². The van der Waals surface area contributed by atoms with E-state index in [0.717, 1.165) is 17.3 Å². The highest BCUT2D eigenvalue weighted by Crippen LogP contribution is 2.26. The van der Waals surface area contributed by atoms with Gasteiger partial charge in [0, 0.05) is 20.6 Å². The van der Waals surface area contributed by atoms with Gasteiger partial charge in [0.1, 0.15) is 0 Å². The van der Waals surface area contributed by atoms with Crippen LogP contribution < -0.4 is 5.32 Å². The fourth-order valence-corrected chi connectivity index (χ4v) is 3.90. The normalized spacial score (nSPS) is 14.4. The lowest BCUT2D eigenvalue weighted by Crippen LogP contribution is -2.30. The van der Waals surface area contributed by atoms with Gasteiger partial charge in [0.2, 0.25) is 5.91 Å². The number of amides is 1. The molecule has 1 heterocycles. The van der Waals surface area contributed by atoms with E-state index in [1.54, 1.807) is 11.3 Å². The summed E-state index contributed by atoms with van der Waals surface area (Å²) in [5, 5.41) is 5.07. The summed E-state index contributed by atoms with van der Waals surface area (Å²) < 4.78 is 1.08. The molecule has 0 aliphatic heterocycles. The van der Waals surface area contributed by atoms with E-state index in [2.05, 4.69) is 33.4 Å². The third kappa shape index (κ3) is 2.90. The fourth-order valence-electron chi connectivity index (χ4n) is 2.51. The summed E-state index contributed by atoms with van der Waals surface area (Å²) in [4.78, 5) is 13.4. The van der Waals surface area contributed by atoms with Gasteiger partial charge in [-0.3, -0.25) is 4.79 Å². The zero-order valence-electron chi connectivity index (χ0n) is 10.4. The van der Waals surface area contributed by atoms with E-state index >= 15 is 0 Å². The SMILES string of the molecule is O=C(NCc1cc(Br)cs1)C1Cc2ccccc2C1. The highest BCUT2D eigenvalue weighted by Gasteiger charge is 2.26. The van der Waals surface area contributed by atoms with E-state index in [4.69, 9.17) is 0 Å². The van der Waals surface area contributed by atoms with Crippen LogP contribution in [0.4, 0.5) is 0 Å². The quantitative estimate of drug-likeness (QED) is 0.913. The fraction of sp³-hybridized carbons (Fsp3) is 0.267. The van der Waals surface area contributed by atoms with Crippen molar-refractivity contribution < 1.29 is 4.79 Å². The molecule has 2 nitrogen and oxygen atoms in total. The number of thiophene rings is 1. The van der Waals surface area contributed by atoms with Crippen molar-refractivity contribution in [2.24, 2.45) is 5.92 Å². The maximum absolute atomic E-state index is 12.2. The summed E-state index contributed by atoms with van der Waals surface area (Å²) in [6, 6.07) is 10.4. The molecule has 1 aliphatic rings. The molecular weight excluding hydrogens is 322 g/mol. The first kappa shape index (κ1) is 12.9. The van der Waals surface area contributed by atoms with Crippen LogP contribution in [0.15, 0.2) is 40.2 Å². The molecule has 1 amide bonds. The Hall–Kier alpha value is -1.13. The Morgan fingerprint density at radius 3 is 2.58 bits per heavy atom. The minimum Gasteiger partial charge on any atom is -0.351 e. The predicted octanol–water partition coefficient (Wildman–Crippen LogP) is 3.54. The molecule has 0 fully saturated rings. The first-order chi connectivity index (χ1) is 9.22. The van der Waals surface area contributed by atoms with E-state index < -0.39 is 0 Å². The lowest BCUT2D eigenvalue weighted by molar-refractivity contribution is -0.124. The van der Waals surface area contributed by atoms with Gasteiger partial charge in [-0.1, -0.05) is 24.3 Å². The lowest BCUT2D eigenvalue weighted by atomic mass is 10.1. The van der Waals surface area contributed by atoms with Crippen molar-refractivity contribution in [3.63, 3.8) is 0 Å². The second kappa shape index (κ2) is 5.47. The van der Waals surface area contributed by atoms with Gasteiger partial charge < -0.3 is 5.32 Å². The van der Waals surface area contributed by atoms with Crippen LogP contribution in [0, 0.1) is 5.92 Å². The number of rotatable bonds is 3. The maximum Gasteiger partial charge on any atom is 0.224 e. The van der Waals surface area contributed by atoms with Crippen LogP contribution in [0.5, 0.6) is 0 Å². The Morgan fingerprint density at radius 1 is 1.32 bits per heavy atom. The molecule has 1 aromatic carbocycles. The van der Waals surface area contributed by atoms with E-state index in [-0.39, 0.29) is 11.8 Å². The van der Waals surface area contributed by atoms with Gasteiger partial charge in [0.05, 0.1) is 6.54 Å². The van der Waals surface area contributed by atoms with E-state index in [0.29, 0.717) is 6.54 Å². The van der Waals surface area contributed by atoms with Gasteiger partial charge in [-0.15, -0.1) is 11.3 Å². The summed E-state index contributed by atoms with van der Waals surface area (Å²) in [6.07, 6.45) is 1.74. The van der Waals surface area contributed by atoms with Crippen LogP contribution in [-0.4, -0.2) is 5.91 Å². The van der Waals surface area contributed by atoms with Crippen molar-refractivity contribution >= 4 is 33.2 Å². The second-order valence-corrected chi connectivity index (χ2v) is 6.73. The molecule has 19 heavy (non-hydrogen) atoms. The van der Waals surface area contributed by atoms with E-state index in [1.165, 1.54) is 16.0 Å². The smallest absolute Gasteiger partial charge is 0.224 e. The van der Waals surface area contributed by atoms with Gasteiger partial charge in [0.15, 0.2) is 0 Å². The topological polar surface area (TPSA) is 29.1 Å². The first-order valence-corrected chi connectivity index (χ1v) is 7.97. The molecule has 0 atom stereocenters. The van der Waals surface area contributed by atoms with Crippen molar-refractivity contribution in [1.82, 2.24) is 5.32 Å².